The molecule has 178 valence electrons. The molecule has 1 aliphatic rings. The standard InChI is InChI=1S/C26H20BrIN2O5/c1-15-5-3-4-6-21(15)30-25(32)19(24(31)29-26(30)33)11-17-12-20(28)23(22(13-17)34-2)35-14-16-7-9-18(27)10-8-16/h3-13H,14H2,1-2H3,(H,29,31,33)/b19-11+. The predicted molar refractivity (Wildman–Crippen MR) is 144 cm³/mol. The fourth-order valence-corrected chi connectivity index (χ4v) is 4.60. The Labute approximate surface area is 224 Å². The second-order valence-corrected chi connectivity index (χ2v) is 9.77. The molecule has 1 heterocycles. The zero-order valence-electron chi connectivity index (χ0n) is 18.8. The number of hydrogen-bond acceptors (Lipinski definition) is 5. The summed E-state index contributed by atoms with van der Waals surface area (Å²) < 4.78 is 13.2. The second kappa shape index (κ2) is 10.6. The average Bonchev–Trinajstić information content (AvgIpc) is 2.83. The lowest BCUT2D eigenvalue weighted by Crippen LogP contribution is -2.54. The van der Waals surface area contributed by atoms with Crippen LogP contribution in [0.1, 0.15) is 16.7 Å². The van der Waals surface area contributed by atoms with Gasteiger partial charge in [-0.1, -0.05) is 46.3 Å². The molecule has 3 aromatic carbocycles. The Morgan fingerprint density at radius 2 is 1.77 bits per heavy atom. The van der Waals surface area contributed by atoms with E-state index < -0.39 is 17.8 Å². The Balaban J connectivity index is 1.64. The van der Waals surface area contributed by atoms with Gasteiger partial charge in [-0.3, -0.25) is 14.9 Å². The third-order valence-corrected chi connectivity index (χ3v) is 6.65. The van der Waals surface area contributed by atoms with Gasteiger partial charge in [-0.2, -0.15) is 0 Å². The summed E-state index contributed by atoms with van der Waals surface area (Å²) in [5, 5.41) is 2.25. The average molecular weight is 647 g/mol. The number of anilines is 1. The van der Waals surface area contributed by atoms with E-state index in [1.54, 1.807) is 37.3 Å². The first-order chi connectivity index (χ1) is 16.8. The predicted octanol–water partition coefficient (Wildman–Crippen LogP) is 5.62. The Hall–Kier alpha value is -3.18. The van der Waals surface area contributed by atoms with Crippen LogP contribution in [0.15, 0.2) is 70.7 Å². The van der Waals surface area contributed by atoms with E-state index in [4.69, 9.17) is 9.47 Å². The van der Waals surface area contributed by atoms with Crippen LogP contribution < -0.4 is 19.7 Å². The summed E-state index contributed by atoms with van der Waals surface area (Å²) in [5.74, 6) is -0.447. The summed E-state index contributed by atoms with van der Waals surface area (Å²) in [6.45, 7) is 2.13. The number of barbiturate groups is 1. The fourth-order valence-electron chi connectivity index (χ4n) is 3.56. The van der Waals surface area contributed by atoms with Gasteiger partial charge in [0.15, 0.2) is 11.5 Å². The Morgan fingerprint density at radius 3 is 2.46 bits per heavy atom. The number of nitrogens with one attached hydrogen (secondary N) is 1. The molecule has 0 radical (unpaired) electrons. The number of para-hydroxylation sites is 1. The summed E-state index contributed by atoms with van der Waals surface area (Å²) >= 11 is 5.53. The number of nitrogens with zero attached hydrogens (tertiary/aromatic N) is 1. The molecule has 1 saturated heterocycles. The minimum Gasteiger partial charge on any atom is -0.493 e. The maximum absolute atomic E-state index is 13.2. The van der Waals surface area contributed by atoms with E-state index >= 15 is 0 Å². The first-order valence-corrected chi connectivity index (χ1v) is 12.4. The molecule has 0 bridgehead atoms. The van der Waals surface area contributed by atoms with Gasteiger partial charge in [0.1, 0.15) is 12.2 Å². The number of amides is 4. The molecule has 0 aromatic heterocycles. The number of ether oxygens (including phenoxy) is 2. The molecule has 4 amide bonds. The molecule has 3 aromatic rings. The third-order valence-electron chi connectivity index (χ3n) is 5.32. The van der Waals surface area contributed by atoms with Crippen molar-refractivity contribution in [3.8, 4) is 11.5 Å². The SMILES string of the molecule is COc1cc(/C=C2\C(=O)NC(=O)N(c3ccccc3C)C2=O)cc(I)c1OCc1ccc(Br)cc1. The molecule has 0 unspecified atom stereocenters. The van der Waals surface area contributed by atoms with Crippen LogP contribution in [0.5, 0.6) is 11.5 Å². The molecule has 0 spiro atoms. The largest absolute Gasteiger partial charge is 0.493 e. The van der Waals surface area contributed by atoms with E-state index in [2.05, 4.69) is 43.8 Å². The quantitative estimate of drug-likeness (QED) is 0.214. The van der Waals surface area contributed by atoms with Gasteiger partial charge in [0.25, 0.3) is 11.8 Å². The smallest absolute Gasteiger partial charge is 0.335 e. The van der Waals surface area contributed by atoms with Crippen LogP contribution in [0.25, 0.3) is 6.08 Å². The van der Waals surface area contributed by atoms with Gasteiger partial charge in [-0.25, -0.2) is 9.69 Å². The van der Waals surface area contributed by atoms with Gasteiger partial charge in [0.05, 0.1) is 16.4 Å². The van der Waals surface area contributed by atoms with Crippen LogP contribution in [-0.4, -0.2) is 25.0 Å². The minimum absolute atomic E-state index is 0.158. The number of methoxy groups -OCH3 is 1. The Morgan fingerprint density at radius 1 is 1.06 bits per heavy atom. The maximum Gasteiger partial charge on any atom is 0.335 e. The number of aryl methyl sites for hydroxylation is 1. The van der Waals surface area contributed by atoms with E-state index in [0.717, 1.165) is 24.1 Å². The lowest BCUT2D eigenvalue weighted by molar-refractivity contribution is -0.122. The zero-order valence-corrected chi connectivity index (χ0v) is 22.5. The number of hydrogen-bond donors (Lipinski definition) is 1. The molecule has 0 atom stereocenters. The van der Waals surface area contributed by atoms with Gasteiger partial charge < -0.3 is 9.47 Å². The monoisotopic (exact) mass is 646 g/mol. The molecule has 0 aliphatic carbocycles. The molecule has 1 N–H and O–H groups in total. The number of benzene rings is 3. The van der Waals surface area contributed by atoms with E-state index in [1.807, 2.05) is 30.3 Å². The maximum atomic E-state index is 13.2. The van der Waals surface area contributed by atoms with Crippen molar-refractivity contribution < 1.29 is 23.9 Å². The number of imide groups is 2. The fraction of sp³-hybridized carbons (Fsp3) is 0.115. The molecule has 35 heavy (non-hydrogen) atoms. The summed E-state index contributed by atoms with van der Waals surface area (Å²) in [5.41, 5.74) is 2.53. The summed E-state index contributed by atoms with van der Waals surface area (Å²) in [6, 6.07) is 17.4. The normalized spacial score (nSPS) is 14.8. The van der Waals surface area contributed by atoms with Crippen LogP contribution >= 0.6 is 38.5 Å². The lowest BCUT2D eigenvalue weighted by Gasteiger charge is -2.27. The molecule has 0 saturated carbocycles. The highest BCUT2D eigenvalue weighted by molar-refractivity contribution is 14.1. The molecule has 1 fully saturated rings. The van der Waals surface area contributed by atoms with Gasteiger partial charge in [0, 0.05) is 4.47 Å². The van der Waals surface area contributed by atoms with Gasteiger partial charge in [0.2, 0.25) is 0 Å². The highest BCUT2D eigenvalue weighted by atomic mass is 127. The van der Waals surface area contributed by atoms with Crippen molar-refractivity contribution in [1.29, 1.82) is 0 Å². The molecular weight excluding hydrogens is 627 g/mol. The number of halogens is 2. The van der Waals surface area contributed by atoms with E-state index in [0.29, 0.717) is 29.4 Å². The highest BCUT2D eigenvalue weighted by Crippen LogP contribution is 2.36. The number of carbonyl (C=O) groups excluding carboxylic acids is 3. The third kappa shape index (κ3) is 5.40. The first kappa shape index (κ1) is 24.9. The Bertz CT molecular complexity index is 1350. The van der Waals surface area contributed by atoms with Gasteiger partial charge in [-0.15, -0.1) is 0 Å². The number of urea groups is 1. The van der Waals surface area contributed by atoms with Gasteiger partial charge >= 0.3 is 6.03 Å². The van der Waals surface area contributed by atoms with Crippen molar-refractivity contribution in [1.82, 2.24) is 5.32 Å². The topological polar surface area (TPSA) is 84.9 Å². The molecule has 9 heteroatoms. The lowest BCUT2D eigenvalue weighted by atomic mass is 10.1. The van der Waals surface area contributed by atoms with Crippen LogP contribution in [0.4, 0.5) is 10.5 Å². The van der Waals surface area contributed by atoms with E-state index in [-0.39, 0.29) is 5.57 Å². The van der Waals surface area contributed by atoms with Gasteiger partial charge in [-0.05, 0) is 82.6 Å². The summed E-state index contributed by atoms with van der Waals surface area (Å²) in [4.78, 5) is 39.2. The van der Waals surface area contributed by atoms with E-state index in [9.17, 15) is 14.4 Å². The molecule has 1 aliphatic heterocycles. The minimum atomic E-state index is -0.782. The van der Waals surface area contributed by atoms with Crippen molar-refractivity contribution >= 4 is 68.1 Å². The first-order valence-electron chi connectivity index (χ1n) is 10.5. The van der Waals surface area contributed by atoms with E-state index in [1.165, 1.54) is 13.2 Å². The van der Waals surface area contributed by atoms with Crippen molar-refractivity contribution in [2.45, 2.75) is 13.5 Å². The van der Waals surface area contributed by atoms with Crippen molar-refractivity contribution in [2.75, 3.05) is 12.0 Å². The highest BCUT2D eigenvalue weighted by Gasteiger charge is 2.37. The van der Waals surface area contributed by atoms with Crippen LogP contribution in [0.2, 0.25) is 0 Å². The van der Waals surface area contributed by atoms with Crippen LogP contribution in [0, 0.1) is 10.5 Å². The summed E-state index contributed by atoms with van der Waals surface area (Å²) in [6.07, 6.45) is 1.44. The van der Waals surface area contributed by atoms with Crippen molar-refractivity contribution in [3.05, 3.63) is 91.0 Å². The number of carbonyl (C=O) groups is 3. The Kier molecular flexibility index (Phi) is 7.56. The second-order valence-electron chi connectivity index (χ2n) is 7.69. The van der Waals surface area contributed by atoms with Crippen LogP contribution in [-0.2, 0) is 16.2 Å². The van der Waals surface area contributed by atoms with Crippen LogP contribution in [0.3, 0.4) is 0 Å². The van der Waals surface area contributed by atoms with Crippen molar-refractivity contribution in [3.63, 3.8) is 0 Å². The molecule has 4 rings (SSSR count). The summed E-state index contributed by atoms with van der Waals surface area (Å²) in [7, 11) is 1.52. The molecule has 7 nitrogen and oxygen atoms in total. The van der Waals surface area contributed by atoms with Crippen molar-refractivity contribution in [2.24, 2.45) is 0 Å². The zero-order chi connectivity index (χ0) is 25.1. The number of rotatable bonds is 6. The molecular formula is C26H20BrIN2O5.